The summed E-state index contributed by atoms with van der Waals surface area (Å²) in [6.07, 6.45) is 0.984. The van der Waals surface area contributed by atoms with Gasteiger partial charge in [0.15, 0.2) is 0 Å². The minimum absolute atomic E-state index is 0. The number of likely N-dealkylation sites (N-methyl/N-ethyl adjacent to an activating group) is 1. The van der Waals surface area contributed by atoms with Crippen molar-refractivity contribution in [3.63, 3.8) is 0 Å². The Bertz CT molecular complexity index is 409. The number of aromatic nitrogens is 1. The van der Waals surface area contributed by atoms with E-state index < -0.39 is 0 Å². The summed E-state index contributed by atoms with van der Waals surface area (Å²) in [4.78, 5) is 6.59. The Morgan fingerprint density at radius 1 is 1.22 bits per heavy atom. The second-order valence-electron chi connectivity index (χ2n) is 5.54. The fourth-order valence-electron chi connectivity index (χ4n) is 2.54. The first-order chi connectivity index (χ1) is 9.15. The van der Waals surface area contributed by atoms with Gasteiger partial charge in [-0.3, -0.25) is 0 Å². The Morgan fingerprint density at radius 3 is 2.52 bits per heavy atom. The molecule has 0 unspecified atom stereocenters. The molecule has 9 heteroatoms. The number of hydrogen-bond donors (Lipinski definition) is 3. The van der Waals surface area contributed by atoms with Crippen molar-refractivity contribution in [1.29, 1.82) is 0 Å². The molecule has 0 radical (unpaired) electrons. The van der Waals surface area contributed by atoms with E-state index in [2.05, 4.69) is 40.7 Å². The van der Waals surface area contributed by atoms with E-state index in [0.29, 0.717) is 17.8 Å². The summed E-state index contributed by atoms with van der Waals surface area (Å²) in [5, 5.41) is 7.09. The number of nitrogen functional groups attached to an aromatic ring is 1. The minimum Gasteiger partial charge on any atom is -0.384 e. The summed E-state index contributed by atoms with van der Waals surface area (Å²) in [6, 6.07) is 6.41. The van der Waals surface area contributed by atoms with E-state index in [1.807, 2.05) is 12.1 Å². The zero-order chi connectivity index (χ0) is 13.7. The van der Waals surface area contributed by atoms with Crippen molar-refractivity contribution in [1.82, 2.24) is 20.5 Å². The monoisotopic (exact) mass is 407 g/mol. The van der Waals surface area contributed by atoms with E-state index in [9.17, 15) is 0 Å². The van der Waals surface area contributed by atoms with Gasteiger partial charge in [-0.25, -0.2) is 4.98 Å². The Hall–Kier alpha value is -0.01000. The third-order valence-corrected chi connectivity index (χ3v) is 3.60. The van der Waals surface area contributed by atoms with Gasteiger partial charge in [0.25, 0.3) is 0 Å². The van der Waals surface area contributed by atoms with Gasteiger partial charge in [-0.05, 0) is 45.1 Å². The average Bonchev–Trinajstić information content (AvgIpc) is 2.76. The van der Waals surface area contributed by atoms with Crippen molar-refractivity contribution < 1.29 is 0 Å². The summed E-state index contributed by atoms with van der Waals surface area (Å²) in [6.45, 7) is 4.19. The summed E-state index contributed by atoms with van der Waals surface area (Å²) >= 11 is 0. The van der Waals surface area contributed by atoms with Crippen LogP contribution in [0, 0.1) is 5.92 Å². The van der Waals surface area contributed by atoms with Crippen LogP contribution in [-0.2, 0) is 6.42 Å². The highest BCUT2D eigenvalue weighted by Crippen LogP contribution is 2.15. The lowest BCUT2D eigenvalue weighted by Gasteiger charge is -2.21. The molecule has 0 bridgehead atoms. The Morgan fingerprint density at radius 2 is 1.91 bits per heavy atom. The molecule has 23 heavy (non-hydrogen) atoms. The molecule has 1 aromatic heterocycles. The fourth-order valence-corrected chi connectivity index (χ4v) is 2.54. The van der Waals surface area contributed by atoms with E-state index in [0.717, 1.165) is 38.3 Å². The third-order valence-electron chi connectivity index (χ3n) is 3.60. The average molecular weight is 409 g/mol. The van der Waals surface area contributed by atoms with Crippen LogP contribution in [0.15, 0.2) is 18.2 Å². The maximum atomic E-state index is 5.73. The molecule has 1 fully saturated rings. The summed E-state index contributed by atoms with van der Waals surface area (Å²) < 4.78 is 0. The normalized spacial score (nSPS) is 19.1. The quantitative estimate of drug-likeness (QED) is 0.667. The van der Waals surface area contributed by atoms with Crippen molar-refractivity contribution in [2.45, 2.75) is 12.5 Å². The SMILES string of the molecule is CN(C)CCN[C@H]1CNC[C@@H]1Cc1cccc(N)n1.Cl.Cl.Cl.Cl. The largest absolute Gasteiger partial charge is 0.384 e. The second-order valence-corrected chi connectivity index (χ2v) is 5.54. The highest BCUT2D eigenvalue weighted by molar-refractivity contribution is 5.86. The molecular weight excluding hydrogens is 380 g/mol. The highest BCUT2D eigenvalue weighted by Gasteiger charge is 2.26. The van der Waals surface area contributed by atoms with Gasteiger partial charge >= 0.3 is 0 Å². The molecule has 2 rings (SSSR count). The maximum absolute atomic E-state index is 5.73. The number of nitrogens with two attached hydrogens (primary N) is 1. The first-order valence-corrected chi connectivity index (χ1v) is 6.95. The number of halogens is 4. The van der Waals surface area contributed by atoms with Crippen LogP contribution in [-0.4, -0.2) is 56.2 Å². The summed E-state index contributed by atoms with van der Waals surface area (Å²) in [5.74, 6) is 1.21. The molecule has 0 amide bonds. The molecule has 2 heterocycles. The number of nitrogens with one attached hydrogen (secondary N) is 2. The molecule has 138 valence electrons. The van der Waals surface area contributed by atoms with Gasteiger partial charge in [0.05, 0.1) is 0 Å². The van der Waals surface area contributed by atoms with Crippen LogP contribution >= 0.6 is 49.6 Å². The van der Waals surface area contributed by atoms with Crippen LogP contribution in [0.25, 0.3) is 0 Å². The van der Waals surface area contributed by atoms with Gasteiger partial charge in [-0.15, -0.1) is 49.6 Å². The summed E-state index contributed by atoms with van der Waals surface area (Å²) in [7, 11) is 4.20. The number of pyridine rings is 1. The molecule has 0 spiro atoms. The topological polar surface area (TPSA) is 66.2 Å². The van der Waals surface area contributed by atoms with Crippen molar-refractivity contribution in [2.24, 2.45) is 5.92 Å². The van der Waals surface area contributed by atoms with Crippen molar-refractivity contribution >= 4 is 55.4 Å². The zero-order valence-electron chi connectivity index (χ0n) is 13.5. The van der Waals surface area contributed by atoms with Gasteiger partial charge in [0.1, 0.15) is 5.82 Å². The van der Waals surface area contributed by atoms with Gasteiger partial charge in [0.2, 0.25) is 0 Å². The van der Waals surface area contributed by atoms with Crippen LogP contribution in [0.3, 0.4) is 0 Å². The first kappa shape index (κ1) is 27.8. The van der Waals surface area contributed by atoms with Gasteiger partial charge in [-0.2, -0.15) is 0 Å². The Balaban J connectivity index is -0.000001000. The van der Waals surface area contributed by atoms with Gasteiger partial charge < -0.3 is 21.3 Å². The number of nitrogens with zero attached hydrogens (tertiary/aromatic N) is 2. The Labute approximate surface area is 164 Å². The molecule has 1 aliphatic heterocycles. The van der Waals surface area contributed by atoms with Crippen LogP contribution in [0.1, 0.15) is 5.69 Å². The van der Waals surface area contributed by atoms with Gasteiger partial charge in [-0.1, -0.05) is 6.07 Å². The minimum atomic E-state index is 0. The lowest BCUT2D eigenvalue weighted by Crippen LogP contribution is -2.40. The molecule has 0 aromatic carbocycles. The molecule has 5 nitrogen and oxygen atoms in total. The molecule has 0 saturated carbocycles. The molecule has 1 saturated heterocycles. The lowest BCUT2D eigenvalue weighted by atomic mass is 9.97. The summed E-state index contributed by atoms with van der Waals surface area (Å²) in [5.41, 5.74) is 6.82. The van der Waals surface area contributed by atoms with E-state index in [-0.39, 0.29) is 49.6 Å². The molecule has 1 aliphatic rings. The van der Waals surface area contributed by atoms with Gasteiger partial charge in [0, 0.05) is 31.4 Å². The number of hydrogen-bond acceptors (Lipinski definition) is 5. The van der Waals surface area contributed by atoms with Crippen LogP contribution in [0.5, 0.6) is 0 Å². The smallest absolute Gasteiger partial charge is 0.123 e. The van der Waals surface area contributed by atoms with Crippen LogP contribution in [0.4, 0.5) is 5.82 Å². The van der Waals surface area contributed by atoms with Crippen LogP contribution in [0.2, 0.25) is 0 Å². The number of rotatable bonds is 6. The molecule has 1 aromatic rings. The highest BCUT2D eigenvalue weighted by atomic mass is 35.5. The fraction of sp³-hybridized carbons (Fsp3) is 0.643. The van der Waals surface area contributed by atoms with Crippen molar-refractivity contribution in [2.75, 3.05) is 46.0 Å². The van der Waals surface area contributed by atoms with Crippen molar-refractivity contribution in [3.8, 4) is 0 Å². The second kappa shape index (κ2) is 14.3. The van der Waals surface area contributed by atoms with Crippen LogP contribution < -0.4 is 16.4 Å². The predicted molar refractivity (Wildman–Crippen MR) is 108 cm³/mol. The maximum Gasteiger partial charge on any atom is 0.123 e. The molecular formula is C14H29Cl4N5. The Kier molecular flexibility index (Phi) is 17.3. The van der Waals surface area contributed by atoms with E-state index >= 15 is 0 Å². The van der Waals surface area contributed by atoms with Crippen molar-refractivity contribution in [3.05, 3.63) is 23.9 Å². The zero-order valence-corrected chi connectivity index (χ0v) is 16.8. The van der Waals surface area contributed by atoms with E-state index in [1.54, 1.807) is 0 Å². The van der Waals surface area contributed by atoms with E-state index in [4.69, 9.17) is 5.73 Å². The third kappa shape index (κ3) is 9.77. The molecule has 0 aliphatic carbocycles. The standard InChI is InChI=1S/C14H25N5.4ClH/c1-19(2)7-6-17-13-10-16-9-11(13)8-12-4-3-5-14(15)18-12;;;;/h3-5,11,13,16-17H,6-10H2,1-2H3,(H2,15,18);4*1H/t11-,13-;;;;/m0..../s1. The predicted octanol–water partition coefficient (Wildman–Crippen LogP) is 1.63. The lowest BCUT2D eigenvalue weighted by molar-refractivity contribution is 0.361. The molecule has 2 atom stereocenters. The number of anilines is 1. The molecule has 4 N–H and O–H groups in total. The van der Waals surface area contributed by atoms with E-state index in [1.165, 1.54) is 0 Å². The first-order valence-electron chi connectivity index (χ1n) is 6.95.